The highest BCUT2D eigenvalue weighted by Crippen LogP contribution is 2.21. The van der Waals surface area contributed by atoms with Crippen LogP contribution in [-0.4, -0.2) is 30.1 Å². The Morgan fingerprint density at radius 1 is 1.08 bits per heavy atom. The number of carbonyl (C=O) groups excluding carboxylic acids is 1. The Hall–Kier alpha value is -2.46. The molecule has 1 aliphatic rings. The SMILES string of the molecule is O=C(C=Cc1ccccc1F)c1ccc(N2CCC(O)CC2)cc1. The molecule has 0 radical (unpaired) electrons. The highest BCUT2D eigenvalue weighted by molar-refractivity contribution is 6.07. The molecule has 0 atom stereocenters. The van der Waals surface area contributed by atoms with Gasteiger partial charge < -0.3 is 10.0 Å². The molecule has 1 saturated heterocycles. The van der Waals surface area contributed by atoms with Crippen molar-refractivity contribution in [3.63, 3.8) is 0 Å². The fourth-order valence-electron chi connectivity index (χ4n) is 2.83. The zero-order valence-electron chi connectivity index (χ0n) is 13.4. The first-order chi connectivity index (χ1) is 11.6. The van der Waals surface area contributed by atoms with Crippen molar-refractivity contribution in [1.82, 2.24) is 0 Å². The van der Waals surface area contributed by atoms with Crippen molar-refractivity contribution in [3.8, 4) is 0 Å². The number of allylic oxidation sites excluding steroid dienone is 1. The van der Waals surface area contributed by atoms with Crippen LogP contribution < -0.4 is 4.90 Å². The number of nitrogens with zero attached hydrogens (tertiary/aromatic N) is 1. The number of anilines is 1. The van der Waals surface area contributed by atoms with Gasteiger partial charge in [-0.1, -0.05) is 18.2 Å². The average molecular weight is 325 g/mol. The molecule has 0 aromatic heterocycles. The fourth-order valence-corrected chi connectivity index (χ4v) is 2.83. The highest BCUT2D eigenvalue weighted by Gasteiger charge is 2.17. The summed E-state index contributed by atoms with van der Waals surface area (Å²) in [4.78, 5) is 14.4. The number of aliphatic hydroxyl groups excluding tert-OH is 1. The molecule has 3 rings (SSSR count). The first-order valence-electron chi connectivity index (χ1n) is 8.13. The van der Waals surface area contributed by atoms with Crippen LogP contribution in [0.25, 0.3) is 6.08 Å². The summed E-state index contributed by atoms with van der Waals surface area (Å²) in [6.07, 6.45) is 4.23. The highest BCUT2D eigenvalue weighted by atomic mass is 19.1. The van der Waals surface area contributed by atoms with E-state index >= 15 is 0 Å². The van der Waals surface area contributed by atoms with Crippen molar-refractivity contribution in [2.75, 3.05) is 18.0 Å². The minimum absolute atomic E-state index is 0.154. The Morgan fingerprint density at radius 3 is 2.42 bits per heavy atom. The van der Waals surface area contributed by atoms with Gasteiger partial charge in [0.2, 0.25) is 0 Å². The van der Waals surface area contributed by atoms with Crippen LogP contribution in [0, 0.1) is 5.82 Å². The van der Waals surface area contributed by atoms with Gasteiger partial charge in [-0.15, -0.1) is 0 Å². The van der Waals surface area contributed by atoms with Gasteiger partial charge in [0.25, 0.3) is 0 Å². The number of rotatable bonds is 4. The predicted octanol–water partition coefficient (Wildman–Crippen LogP) is 3.68. The molecule has 1 fully saturated rings. The summed E-state index contributed by atoms with van der Waals surface area (Å²) in [5.41, 5.74) is 2.02. The molecule has 1 N–H and O–H groups in total. The van der Waals surface area contributed by atoms with Gasteiger partial charge in [-0.05, 0) is 55.3 Å². The fraction of sp³-hybridized carbons (Fsp3) is 0.250. The molecule has 0 aliphatic carbocycles. The molecular formula is C20H20FNO2. The van der Waals surface area contributed by atoms with Crippen molar-refractivity contribution in [2.45, 2.75) is 18.9 Å². The Bertz CT molecular complexity index is 732. The number of aliphatic hydroxyl groups is 1. The van der Waals surface area contributed by atoms with E-state index in [4.69, 9.17) is 0 Å². The van der Waals surface area contributed by atoms with E-state index in [0.717, 1.165) is 31.6 Å². The van der Waals surface area contributed by atoms with Crippen LogP contribution in [-0.2, 0) is 0 Å². The second-order valence-electron chi connectivity index (χ2n) is 5.98. The number of benzene rings is 2. The van der Waals surface area contributed by atoms with E-state index in [1.807, 2.05) is 12.1 Å². The molecule has 2 aromatic carbocycles. The molecule has 3 nitrogen and oxygen atoms in total. The Labute approximate surface area is 141 Å². The maximum absolute atomic E-state index is 13.5. The lowest BCUT2D eigenvalue weighted by molar-refractivity contribution is 0.104. The van der Waals surface area contributed by atoms with E-state index in [1.54, 1.807) is 30.3 Å². The van der Waals surface area contributed by atoms with Crippen LogP contribution in [0.5, 0.6) is 0 Å². The van der Waals surface area contributed by atoms with Crippen molar-refractivity contribution < 1.29 is 14.3 Å². The second kappa shape index (κ2) is 7.41. The maximum atomic E-state index is 13.5. The predicted molar refractivity (Wildman–Crippen MR) is 93.7 cm³/mol. The molecular weight excluding hydrogens is 305 g/mol. The maximum Gasteiger partial charge on any atom is 0.185 e. The topological polar surface area (TPSA) is 40.5 Å². The van der Waals surface area contributed by atoms with E-state index in [0.29, 0.717) is 11.1 Å². The summed E-state index contributed by atoms with van der Waals surface area (Å²) in [7, 11) is 0. The third-order valence-electron chi connectivity index (χ3n) is 4.30. The zero-order chi connectivity index (χ0) is 16.9. The molecule has 1 aliphatic heterocycles. The number of piperidine rings is 1. The number of ketones is 1. The van der Waals surface area contributed by atoms with Crippen molar-refractivity contribution in [3.05, 3.63) is 71.6 Å². The van der Waals surface area contributed by atoms with Gasteiger partial charge >= 0.3 is 0 Å². The molecule has 124 valence electrons. The van der Waals surface area contributed by atoms with Crippen LogP contribution in [0.4, 0.5) is 10.1 Å². The normalized spacial score (nSPS) is 15.8. The number of halogens is 1. The van der Waals surface area contributed by atoms with Crippen LogP contribution >= 0.6 is 0 Å². The molecule has 24 heavy (non-hydrogen) atoms. The Kier molecular flexibility index (Phi) is 5.06. The minimum atomic E-state index is -0.343. The van der Waals surface area contributed by atoms with E-state index in [9.17, 15) is 14.3 Å². The van der Waals surface area contributed by atoms with Gasteiger partial charge in [0.15, 0.2) is 5.78 Å². The molecule has 4 heteroatoms. The smallest absolute Gasteiger partial charge is 0.185 e. The van der Waals surface area contributed by atoms with Crippen LogP contribution in [0.3, 0.4) is 0 Å². The lowest BCUT2D eigenvalue weighted by Gasteiger charge is -2.31. The lowest BCUT2D eigenvalue weighted by atomic mass is 10.1. The molecule has 0 unspecified atom stereocenters. The first-order valence-corrected chi connectivity index (χ1v) is 8.13. The number of hydrogen-bond donors (Lipinski definition) is 1. The summed E-state index contributed by atoms with van der Waals surface area (Å²) in [6.45, 7) is 1.64. The van der Waals surface area contributed by atoms with Gasteiger partial charge in [0, 0.05) is 29.9 Å². The van der Waals surface area contributed by atoms with E-state index in [1.165, 1.54) is 18.2 Å². The van der Waals surface area contributed by atoms with Crippen LogP contribution in [0.2, 0.25) is 0 Å². The van der Waals surface area contributed by atoms with Crippen molar-refractivity contribution in [1.29, 1.82) is 0 Å². The molecule has 0 amide bonds. The quantitative estimate of drug-likeness (QED) is 0.688. The number of hydrogen-bond acceptors (Lipinski definition) is 3. The van der Waals surface area contributed by atoms with E-state index in [-0.39, 0.29) is 17.7 Å². The second-order valence-corrected chi connectivity index (χ2v) is 5.98. The zero-order valence-corrected chi connectivity index (χ0v) is 13.4. The van der Waals surface area contributed by atoms with Crippen molar-refractivity contribution in [2.24, 2.45) is 0 Å². The number of carbonyl (C=O) groups is 1. The summed E-state index contributed by atoms with van der Waals surface area (Å²) < 4.78 is 13.5. The summed E-state index contributed by atoms with van der Waals surface area (Å²) in [5.74, 6) is -0.497. The lowest BCUT2D eigenvalue weighted by Crippen LogP contribution is -2.35. The van der Waals surface area contributed by atoms with E-state index < -0.39 is 0 Å². The van der Waals surface area contributed by atoms with Crippen LogP contribution in [0.15, 0.2) is 54.6 Å². The van der Waals surface area contributed by atoms with Gasteiger partial charge in [-0.2, -0.15) is 0 Å². The molecule has 2 aromatic rings. The summed E-state index contributed by atoms with van der Waals surface area (Å²) in [5, 5.41) is 9.56. The standard InChI is InChI=1S/C20H20FNO2/c21-19-4-2-1-3-15(19)7-10-20(24)16-5-8-17(9-6-16)22-13-11-18(23)12-14-22/h1-10,18,23H,11-14H2. The van der Waals surface area contributed by atoms with Gasteiger partial charge in [0.05, 0.1) is 6.10 Å². The average Bonchev–Trinajstić information content (AvgIpc) is 2.62. The summed E-state index contributed by atoms with van der Waals surface area (Å²) >= 11 is 0. The minimum Gasteiger partial charge on any atom is -0.393 e. The Morgan fingerprint density at radius 2 is 1.75 bits per heavy atom. The molecule has 0 saturated carbocycles. The molecule has 1 heterocycles. The first kappa shape index (κ1) is 16.4. The Balaban J connectivity index is 1.67. The monoisotopic (exact) mass is 325 g/mol. The van der Waals surface area contributed by atoms with Gasteiger partial charge in [0.1, 0.15) is 5.82 Å². The summed E-state index contributed by atoms with van der Waals surface area (Å²) in [6, 6.07) is 13.8. The van der Waals surface area contributed by atoms with Gasteiger partial charge in [-0.3, -0.25) is 4.79 Å². The molecule has 0 spiro atoms. The third-order valence-corrected chi connectivity index (χ3v) is 4.30. The van der Waals surface area contributed by atoms with E-state index in [2.05, 4.69) is 4.90 Å². The largest absolute Gasteiger partial charge is 0.393 e. The van der Waals surface area contributed by atoms with Crippen LogP contribution in [0.1, 0.15) is 28.8 Å². The van der Waals surface area contributed by atoms with Crippen molar-refractivity contribution >= 4 is 17.5 Å². The third kappa shape index (κ3) is 3.89. The molecule has 0 bridgehead atoms. The van der Waals surface area contributed by atoms with Gasteiger partial charge in [-0.25, -0.2) is 4.39 Å².